The first-order valence-electron chi connectivity index (χ1n) is 4.79. The third kappa shape index (κ3) is 1.16. The van der Waals surface area contributed by atoms with Crippen LogP contribution in [0.3, 0.4) is 0 Å². The van der Waals surface area contributed by atoms with Crippen molar-refractivity contribution in [2.24, 2.45) is 5.92 Å². The van der Waals surface area contributed by atoms with Crippen molar-refractivity contribution in [3.63, 3.8) is 0 Å². The fraction of sp³-hybridized carbons (Fsp3) is 1.00. The topological polar surface area (TPSA) is 0 Å². The maximum Gasteiger partial charge on any atom is 0.0106 e. The van der Waals surface area contributed by atoms with Gasteiger partial charge in [-0.1, -0.05) is 44.9 Å². The predicted octanol–water partition coefficient (Wildman–Crippen LogP) is 1.88. The summed E-state index contributed by atoms with van der Waals surface area (Å²) in [4.78, 5) is 0. The largest absolute Gasteiger partial charge is 0.0528 e. The Morgan fingerprint density at radius 2 is 1.70 bits per heavy atom. The minimum absolute atomic E-state index is 0.910. The number of rotatable bonds is 0. The second kappa shape index (κ2) is 2.37. The summed E-state index contributed by atoms with van der Waals surface area (Å²) in [7, 11) is 1.47. The highest BCUT2D eigenvalue weighted by molar-refractivity contribution is 6.15. The zero-order valence-electron chi connectivity index (χ0n) is 7.03. The van der Waals surface area contributed by atoms with Crippen LogP contribution in [0.2, 0.25) is 5.04 Å². The number of fused-ring (bicyclic) bond motifs is 4. The van der Waals surface area contributed by atoms with Crippen LogP contribution in [0.4, 0.5) is 0 Å². The molecule has 0 aromatic carbocycles. The van der Waals surface area contributed by atoms with Crippen molar-refractivity contribution in [2.75, 3.05) is 0 Å². The van der Waals surface area contributed by atoms with Gasteiger partial charge in [-0.15, -0.1) is 0 Å². The van der Waals surface area contributed by atoms with Gasteiger partial charge < -0.3 is 0 Å². The molecule has 58 valence electrons. The molecule has 0 amide bonds. The van der Waals surface area contributed by atoms with E-state index in [2.05, 4.69) is 0 Å². The molecular weight excluding hydrogens is 136 g/mol. The van der Waals surface area contributed by atoms with Crippen molar-refractivity contribution in [3.05, 3.63) is 0 Å². The zero-order chi connectivity index (χ0) is 7.03. The van der Waals surface area contributed by atoms with Crippen LogP contribution in [0.15, 0.2) is 0 Å². The van der Waals surface area contributed by atoms with Gasteiger partial charge in [-0.3, -0.25) is 0 Å². The molecule has 10 heavy (non-hydrogen) atoms. The van der Waals surface area contributed by atoms with Gasteiger partial charge in [0.2, 0.25) is 0 Å². The van der Waals surface area contributed by atoms with E-state index in [0.717, 1.165) is 11.0 Å². The lowest BCUT2D eigenvalue weighted by Gasteiger charge is -2.32. The van der Waals surface area contributed by atoms with E-state index in [1.54, 1.807) is 44.9 Å². The van der Waals surface area contributed by atoms with Gasteiger partial charge in [0.1, 0.15) is 0 Å². The molecule has 0 saturated heterocycles. The standard InChI is InChI=1S/C9H18Si/c10-9-5-1-2-8(3-6-9)4-7-9/h8H,1-7H2,10H3. The fourth-order valence-electron chi connectivity index (χ4n) is 2.73. The Hall–Kier alpha value is 0.217. The second-order valence-corrected chi connectivity index (χ2v) is 6.77. The van der Waals surface area contributed by atoms with Crippen molar-refractivity contribution in [1.29, 1.82) is 0 Å². The average molecular weight is 154 g/mol. The summed E-state index contributed by atoms with van der Waals surface area (Å²) < 4.78 is 0. The Morgan fingerprint density at radius 3 is 2.40 bits per heavy atom. The van der Waals surface area contributed by atoms with Crippen LogP contribution in [-0.4, -0.2) is 10.2 Å². The highest BCUT2D eigenvalue weighted by Crippen LogP contribution is 2.50. The van der Waals surface area contributed by atoms with Crippen LogP contribution in [0, 0.1) is 5.92 Å². The van der Waals surface area contributed by atoms with Crippen molar-refractivity contribution < 1.29 is 0 Å². The minimum Gasteiger partial charge on any atom is -0.0528 e. The molecule has 3 fully saturated rings. The summed E-state index contributed by atoms with van der Waals surface area (Å²) in [5.41, 5.74) is 0. The monoisotopic (exact) mass is 154 g/mol. The maximum absolute atomic E-state index is 1.59. The molecule has 2 bridgehead atoms. The Morgan fingerprint density at radius 1 is 1.00 bits per heavy atom. The Labute approximate surface area is 66.8 Å². The lowest BCUT2D eigenvalue weighted by atomic mass is 9.83. The van der Waals surface area contributed by atoms with E-state index in [9.17, 15) is 0 Å². The second-order valence-electron chi connectivity index (χ2n) is 4.65. The molecule has 0 aromatic rings. The third-order valence-electron chi connectivity index (χ3n) is 3.70. The lowest BCUT2D eigenvalue weighted by molar-refractivity contribution is 0.321. The molecule has 0 atom stereocenters. The summed E-state index contributed by atoms with van der Waals surface area (Å²) in [6, 6.07) is 0. The molecule has 3 rings (SSSR count). The van der Waals surface area contributed by atoms with E-state index in [4.69, 9.17) is 0 Å². The molecular formula is C9H18Si. The summed E-state index contributed by atoms with van der Waals surface area (Å²) in [5, 5.41) is 0.910. The molecule has 0 unspecified atom stereocenters. The van der Waals surface area contributed by atoms with Gasteiger partial charge in [0, 0.05) is 10.2 Å². The minimum atomic E-state index is 0.910. The van der Waals surface area contributed by atoms with Crippen molar-refractivity contribution >= 4 is 10.2 Å². The van der Waals surface area contributed by atoms with Crippen LogP contribution >= 0.6 is 0 Å². The van der Waals surface area contributed by atoms with Gasteiger partial charge in [-0.2, -0.15) is 0 Å². The summed E-state index contributed by atoms with van der Waals surface area (Å²) in [6.07, 6.45) is 11.0. The summed E-state index contributed by atoms with van der Waals surface area (Å²) in [5.74, 6) is 1.14. The van der Waals surface area contributed by atoms with E-state index in [-0.39, 0.29) is 0 Å². The molecule has 0 nitrogen and oxygen atoms in total. The molecule has 3 aliphatic rings. The van der Waals surface area contributed by atoms with Crippen molar-refractivity contribution in [1.82, 2.24) is 0 Å². The Kier molecular flexibility index (Phi) is 1.63. The van der Waals surface area contributed by atoms with Gasteiger partial charge in [-0.05, 0) is 11.0 Å². The molecule has 0 N–H and O–H groups in total. The first kappa shape index (κ1) is 6.90. The van der Waals surface area contributed by atoms with Crippen LogP contribution < -0.4 is 0 Å². The van der Waals surface area contributed by atoms with E-state index in [1.807, 2.05) is 0 Å². The lowest BCUT2D eigenvalue weighted by Crippen LogP contribution is -2.17. The van der Waals surface area contributed by atoms with Gasteiger partial charge in [0.05, 0.1) is 0 Å². The smallest absolute Gasteiger partial charge is 0.0106 e. The van der Waals surface area contributed by atoms with Crippen LogP contribution in [0.25, 0.3) is 0 Å². The predicted molar refractivity (Wildman–Crippen MR) is 48.4 cm³/mol. The quantitative estimate of drug-likeness (QED) is 0.467. The molecule has 0 spiro atoms. The SMILES string of the molecule is [SiH3]C12CCCC(CC1)CC2. The molecule has 1 heteroatoms. The first-order chi connectivity index (χ1) is 4.79. The van der Waals surface area contributed by atoms with Crippen LogP contribution in [0.1, 0.15) is 44.9 Å². The van der Waals surface area contributed by atoms with Crippen molar-refractivity contribution in [2.45, 2.75) is 50.0 Å². The molecule has 3 saturated carbocycles. The van der Waals surface area contributed by atoms with E-state index in [0.29, 0.717) is 0 Å². The Balaban J connectivity index is 2.11. The highest BCUT2D eigenvalue weighted by atomic mass is 28.1. The fourth-order valence-corrected chi connectivity index (χ4v) is 3.66. The molecule has 0 heterocycles. The first-order valence-corrected chi connectivity index (χ1v) is 5.79. The van der Waals surface area contributed by atoms with Gasteiger partial charge >= 0.3 is 0 Å². The highest BCUT2D eigenvalue weighted by Gasteiger charge is 2.33. The Bertz CT molecular complexity index is 117. The maximum atomic E-state index is 1.59. The van der Waals surface area contributed by atoms with E-state index < -0.39 is 0 Å². The van der Waals surface area contributed by atoms with E-state index >= 15 is 0 Å². The van der Waals surface area contributed by atoms with Crippen molar-refractivity contribution in [3.8, 4) is 0 Å². The van der Waals surface area contributed by atoms with E-state index in [1.165, 1.54) is 10.2 Å². The van der Waals surface area contributed by atoms with Gasteiger partial charge in [-0.25, -0.2) is 0 Å². The van der Waals surface area contributed by atoms with Crippen LogP contribution in [-0.2, 0) is 0 Å². The van der Waals surface area contributed by atoms with Gasteiger partial charge in [0.25, 0.3) is 0 Å². The molecule has 0 aliphatic heterocycles. The van der Waals surface area contributed by atoms with Gasteiger partial charge in [0.15, 0.2) is 0 Å². The average Bonchev–Trinajstić information content (AvgIpc) is 2.19. The number of hydrogen-bond acceptors (Lipinski definition) is 0. The van der Waals surface area contributed by atoms with Crippen LogP contribution in [0.5, 0.6) is 0 Å². The summed E-state index contributed by atoms with van der Waals surface area (Å²) in [6.45, 7) is 0. The molecule has 3 aliphatic carbocycles. The normalized spacial score (nSPS) is 47.4. The summed E-state index contributed by atoms with van der Waals surface area (Å²) >= 11 is 0. The number of hydrogen-bond donors (Lipinski definition) is 0. The third-order valence-corrected chi connectivity index (χ3v) is 5.20. The zero-order valence-corrected chi connectivity index (χ0v) is 9.03. The molecule has 0 aromatic heterocycles. The molecule has 0 radical (unpaired) electrons.